The minimum Gasteiger partial charge on any atom is -0.462 e. The summed E-state index contributed by atoms with van der Waals surface area (Å²) in [4.78, 5) is 40.1. The molecule has 0 fully saturated rings. The van der Waals surface area contributed by atoms with Crippen LogP contribution in [0.5, 0.6) is 0 Å². The number of aliphatic hydroxyl groups is 2. The van der Waals surface area contributed by atoms with E-state index in [1.54, 1.807) is 13.8 Å². The summed E-state index contributed by atoms with van der Waals surface area (Å²) in [6.07, 6.45) is -2.52. The van der Waals surface area contributed by atoms with Crippen molar-refractivity contribution in [1.29, 1.82) is 0 Å². The van der Waals surface area contributed by atoms with Gasteiger partial charge in [0.1, 0.15) is 15.8 Å². The van der Waals surface area contributed by atoms with Crippen LogP contribution in [0.4, 0.5) is 0 Å². The fraction of sp³-hybridized carbons (Fsp3) is 0.435. The maximum absolute atomic E-state index is 13.6. The monoisotopic (exact) mass is 476 g/mol. The Morgan fingerprint density at radius 1 is 1.18 bits per heavy atom. The Balaban J connectivity index is 2.37. The van der Waals surface area contributed by atoms with Crippen LogP contribution < -0.4 is 11.2 Å². The van der Waals surface area contributed by atoms with Crippen molar-refractivity contribution in [3.05, 3.63) is 67.2 Å². The number of fused-ring (bicyclic) bond motifs is 1. The van der Waals surface area contributed by atoms with Crippen LogP contribution in [0, 0.1) is 6.92 Å². The number of benzene rings is 1. The zero-order valence-corrected chi connectivity index (χ0v) is 20.0. The maximum Gasteiger partial charge on any atom is 0.348 e. The van der Waals surface area contributed by atoms with Gasteiger partial charge in [-0.15, -0.1) is 11.3 Å². The van der Waals surface area contributed by atoms with Crippen LogP contribution in [0.3, 0.4) is 0 Å². The number of aromatic nitrogens is 2. The molecule has 1 atom stereocenters. The molecule has 9 nitrogen and oxygen atoms in total. The third kappa shape index (κ3) is 4.39. The average molecular weight is 477 g/mol. The van der Waals surface area contributed by atoms with Crippen LogP contribution in [0.15, 0.2) is 39.9 Å². The third-order valence-corrected chi connectivity index (χ3v) is 6.98. The Labute approximate surface area is 194 Å². The van der Waals surface area contributed by atoms with Crippen molar-refractivity contribution in [1.82, 2.24) is 9.13 Å². The summed E-state index contributed by atoms with van der Waals surface area (Å²) in [7, 11) is 1.51. The number of aryl methyl sites for hydroxylation is 1. The van der Waals surface area contributed by atoms with Crippen LogP contribution in [0.25, 0.3) is 10.2 Å². The largest absolute Gasteiger partial charge is 0.462 e. The van der Waals surface area contributed by atoms with Crippen LogP contribution in [0.1, 0.15) is 47.7 Å². The lowest BCUT2D eigenvalue weighted by Gasteiger charge is -2.29. The minimum absolute atomic E-state index is 0.0376. The molecule has 2 N–H and O–H groups in total. The first-order valence-corrected chi connectivity index (χ1v) is 11.3. The smallest absolute Gasteiger partial charge is 0.348 e. The minimum atomic E-state index is -1.98. The number of hydrogen-bond donors (Lipinski definition) is 2. The van der Waals surface area contributed by atoms with Gasteiger partial charge in [0.05, 0.1) is 24.1 Å². The summed E-state index contributed by atoms with van der Waals surface area (Å²) >= 11 is 0.997. The molecule has 0 aliphatic rings. The van der Waals surface area contributed by atoms with Crippen LogP contribution in [-0.4, -0.2) is 45.3 Å². The summed E-state index contributed by atoms with van der Waals surface area (Å²) in [6.45, 7) is 6.25. The molecule has 3 rings (SSSR count). The highest BCUT2D eigenvalue weighted by Crippen LogP contribution is 2.31. The van der Waals surface area contributed by atoms with Crippen molar-refractivity contribution in [2.45, 2.75) is 52.2 Å². The summed E-state index contributed by atoms with van der Waals surface area (Å²) in [5, 5.41) is 20.0. The van der Waals surface area contributed by atoms with Crippen molar-refractivity contribution < 1.29 is 24.5 Å². The van der Waals surface area contributed by atoms with Crippen molar-refractivity contribution in [2.75, 3.05) is 13.7 Å². The van der Waals surface area contributed by atoms with Crippen LogP contribution in [-0.2, 0) is 21.6 Å². The van der Waals surface area contributed by atoms with Gasteiger partial charge in [-0.05, 0) is 38.8 Å². The number of nitrogens with zero attached hydrogens (tertiary/aromatic N) is 2. The molecular weight excluding hydrogens is 448 g/mol. The van der Waals surface area contributed by atoms with E-state index in [9.17, 15) is 24.6 Å². The van der Waals surface area contributed by atoms with E-state index in [0.717, 1.165) is 21.5 Å². The van der Waals surface area contributed by atoms with Gasteiger partial charge in [-0.1, -0.05) is 30.3 Å². The average Bonchev–Trinajstić information content (AvgIpc) is 3.12. The van der Waals surface area contributed by atoms with E-state index in [4.69, 9.17) is 9.47 Å². The zero-order chi connectivity index (χ0) is 24.5. The third-order valence-electron chi connectivity index (χ3n) is 5.69. The second-order valence-electron chi connectivity index (χ2n) is 8.15. The molecule has 2 aromatic heterocycles. The van der Waals surface area contributed by atoms with Crippen molar-refractivity contribution >= 4 is 27.5 Å². The van der Waals surface area contributed by atoms with Gasteiger partial charge < -0.3 is 19.7 Å². The lowest BCUT2D eigenvalue weighted by atomic mass is 10.0. The fourth-order valence-electron chi connectivity index (χ4n) is 3.67. The van der Waals surface area contributed by atoms with E-state index in [-0.39, 0.29) is 23.4 Å². The predicted molar refractivity (Wildman–Crippen MR) is 125 cm³/mol. The molecule has 0 bridgehead atoms. The van der Waals surface area contributed by atoms with Gasteiger partial charge in [0.2, 0.25) is 0 Å². The Bertz CT molecular complexity index is 1270. The molecular formula is C23H28N2O7S. The zero-order valence-electron chi connectivity index (χ0n) is 19.2. The molecule has 0 spiro atoms. The molecule has 0 aliphatic carbocycles. The first-order chi connectivity index (χ1) is 15.6. The Hall–Kier alpha value is -2.79. The molecule has 10 heteroatoms. The van der Waals surface area contributed by atoms with E-state index < -0.39 is 35.2 Å². The molecule has 0 unspecified atom stereocenters. The van der Waals surface area contributed by atoms with E-state index in [1.807, 2.05) is 30.3 Å². The fourth-order valence-corrected chi connectivity index (χ4v) is 4.87. The number of rotatable bonds is 8. The van der Waals surface area contributed by atoms with Gasteiger partial charge in [0.25, 0.3) is 5.56 Å². The number of hydrogen-bond acceptors (Lipinski definition) is 8. The van der Waals surface area contributed by atoms with Crippen molar-refractivity contribution in [3.63, 3.8) is 0 Å². The van der Waals surface area contributed by atoms with Gasteiger partial charge >= 0.3 is 11.7 Å². The number of thiophene rings is 1. The van der Waals surface area contributed by atoms with Gasteiger partial charge in [-0.3, -0.25) is 9.36 Å². The van der Waals surface area contributed by atoms with E-state index in [1.165, 1.54) is 25.5 Å². The number of ether oxygens (including phenoxy) is 2. The number of esters is 1. The molecule has 0 saturated carbocycles. The normalized spacial score (nSPS) is 13.0. The van der Waals surface area contributed by atoms with Crippen LogP contribution >= 0.6 is 11.3 Å². The number of aliphatic hydroxyl groups excluding tert-OH is 1. The summed E-state index contributed by atoms with van der Waals surface area (Å²) in [5.74, 6) is -0.589. The standard InChI is InChI=1S/C23H28N2O7S/c1-6-32-20(27)17-13(2)16-18(26)25(23(3,4)21(28)29)22(30)24(19(16)33-17)12-15(31-5)14-10-8-7-9-11-14/h7-11,15,21,28-29H,6,12H2,1-5H3/t15-/m1/s1. The second kappa shape index (κ2) is 9.60. The van der Waals surface area contributed by atoms with E-state index in [0.29, 0.717) is 10.4 Å². The molecule has 0 amide bonds. The summed E-state index contributed by atoms with van der Waals surface area (Å²) in [5.41, 5.74) is -1.88. The molecule has 3 aromatic rings. The lowest BCUT2D eigenvalue weighted by Crippen LogP contribution is -2.54. The van der Waals surface area contributed by atoms with Crippen LogP contribution in [0.2, 0.25) is 0 Å². The number of methoxy groups -OCH3 is 1. The summed E-state index contributed by atoms with van der Waals surface area (Å²) in [6, 6.07) is 9.27. The second-order valence-corrected chi connectivity index (χ2v) is 9.15. The first-order valence-electron chi connectivity index (χ1n) is 10.5. The first kappa shape index (κ1) is 24.8. The van der Waals surface area contributed by atoms with Gasteiger partial charge in [-0.25, -0.2) is 14.2 Å². The highest BCUT2D eigenvalue weighted by Gasteiger charge is 2.35. The maximum atomic E-state index is 13.6. The van der Waals surface area contributed by atoms with Crippen molar-refractivity contribution in [3.8, 4) is 0 Å². The van der Waals surface area contributed by atoms with Gasteiger partial charge in [0.15, 0.2) is 6.29 Å². The molecule has 178 valence electrons. The highest BCUT2D eigenvalue weighted by molar-refractivity contribution is 7.20. The molecule has 2 heterocycles. The van der Waals surface area contributed by atoms with Gasteiger partial charge in [-0.2, -0.15) is 0 Å². The molecule has 1 aromatic carbocycles. The van der Waals surface area contributed by atoms with Crippen molar-refractivity contribution in [2.24, 2.45) is 0 Å². The number of carbonyl (C=O) groups excluding carboxylic acids is 1. The summed E-state index contributed by atoms with van der Waals surface area (Å²) < 4.78 is 12.9. The highest BCUT2D eigenvalue weighted by atomic mass is 32.1. The molecule has 0 saturated heterocycles. The van der Waals surface area contributed by atoms with E-state index >= 15 is 0 Å². The lowest BCUT2D eigenvalue weighted by molar-refractivity contribution is -0.116. The van der Waals surface area contributed by atoms with Gasteiger partial charge in [0, 0.05) is 7.11 Å². The Morgan fingerprint density at radius 2 is 1.82 bits per heavy atom. The Morgan fingerprint density at radius 3 is 2.36 bits per heavy atom. The number of carbonyl (C=O) groups is 1. The predicted octanol–water partition coefficient (Wildman–Crippen LogP) is 2.14. The SMILES string of the molecule is CCOC(=O)c1sc2c(c1C)c(=O)n(C(C)(C)C(O)O)c(=O)n2C[C@@H](OC)c1ccccc1. The molecule has 0 radical (unpaired) electrons. The molecule has 0 aliphatic heterocycles. The Kier molecular flexibility index (Phi) is 7.23. The topological polar surface area (TPSA) is 120 Å². The quantitative estimate of drug-likeness (QED) is 0.378. The molecule has 33 heavy (non-hydrogen) atoms. The van der Waals surface area contributed by atoms with E-state index in [2.05, 4.69) is 0 Å².